The summed E-state index contributed by atoms with van der Waals surface area (Å²) >= 11 is 0. The second-order valence-electron chi connectivity index (χ2n) is 7.39. The van der Waals surface area contributed by atoms with Crippen LogP contribution in [0.15, 0.2) is 42.6 Å². The van der Waals surface area contributed by atoms with Gasteiger partial charge in [0, 0.05) is 31.0 Å². The van der Waals surface area contributed by atoms with Crippen molar-refractivity contribution < 1.29 is 9.47 Å². The maximum Gasteiger partial charge on any atom is 0.0888 e. The molecule has 0 spiro atoms. The first kappa shape index (κ1) is 17.6. The minimum Gasteiger partial charge on any atom is -0.375 e. The van der Waals surface area contributed by atoms with Gasteiger partial charge in [0.05, 0.1) is 37.3 Å². The number of nitrogens with zero attached hydrogens (tertiary/aromatic N) is 3. The summed E-state index contributed by atoms with van der Waals surface area (Å²) in [5.74, 6) is 0.555. The number of aromatic nitrogens is 2. The van der Waals surface area contributed by atoms with E-state index >= 15 is 0 Å². The van der Waals surface area contributed by atoms with Gasteiger partial charge in [0.2, 0.25) is 0 Å². The van der Waals surface area contributed by atoms with Crippen LogP contribution in [0.1, 0.15) is 29.9 Å². The van der Waals surface area contributed by atoms with Crippen LogP contribution in [0.4, 0.5) is 0 Å². The van der Waals surface area contributed by atoms with Crippen molar-refractivity contribution in [3.63, 3.8) is 0 Å². The van der Waals surface area contributed by atoms with E-state index in [1.807, 2.05) is 37.4 Å². The molecule has 3 atom stereocenters. The van der Waals surface area contributed by atoms with Crippen molar-refractivity contribution in [2.75, 3.05) is 19.8 Å². The zero-order chi connectivity index (χ0) is 17.8. The lowest BCUT2D eigenvalue weighted by atomic mass is 10.1. The predicted molar refractivity (Wildman–Crippen MR) is 99.5 cm³/mol. The molecule has 0 aromatic carbocycles. The first-order chi connectivity index (χ1) is 12.8. The van der Waals surface area contributed by atoms with Crippen LogP contribution in [0.2, 0.25) is 0 Å². The molecule has 4 rings (SSSR count). The van der Waals surface area contributed by atoms with Crippen LogP contribution in [0.3, 0.4) is 0 Å². The Balaban J connectivity index is 1.29. The maximum atomic E-state index is 6.05. The SMILES string of the molecule is Cc1cccc(COC[C@H]2C[C@@H]3[C@@H](C2)OCCN3Cc2ccccn2)n1. The normalized spacial score (nSPS) is 26.0. The summed E-state index contributed by atoms with van der Waals surface area (Å²) in [5, 5.41) is 0. The molecule has 2 aliphatic rings. The number of ether oxygens (including phenoxy) is 2. The Morgan fingerprint density at radius 2 is 2.08 bits per heavy atom. The summed E-state index contributed by atoms with van der Waals surface area (Å²) in [6.45, 7) is 6.09. The topological polar surface area (TPSA) is 47.5 Å². The van der Waals surface area contributed by atoms with Gasteiger partial charge in [-0.1, -0.05) is 12.1 Å². The van der Waals surface area contributed by atoms with Crippen molar-refractivity contribution in [1.29, 1.82) is 0 Å². The van der Waals surface area contributed by atoms with Crippen LogP contribution in [-0.2, 0) is 22.6 Å². The monoisotopic (exact) mass is 353 g/mol. The third kappa shape index (κ3) is 4.29. The average molecular weight is 353 g/mol. The van der Waals surface area contributed by atoms with Crippen molar-refractivity contribution in [3.05, 3.63) is 59.7 Å². The highest BCUT2D eigenvalue weighted by Crippen LogP contribution is 2.35. The quantitative estimate of drug-likeness (QED) is 0.799. The number of aryl methyl sites for hydroxylation is 1. The molecule has 1 saturated heterocycles. The zero-order valence-electron chi connectivity index (χ0n) is 15.4. The highest BCUT2D eigenvalue weighted by Gasteiger charge is 2.41. The summed E-state index contributed by atoms with van der Waals surface area (Å²) in [4.78, 5) is 11.5. The van der Waals surface area contributed by atoms with Crippen LogP contribution in [-0.4, -0.2) is 46.8 Å². The largest absolute Gasteiger partial charge is 0.375 e. The molecule has 2 aromatic rings. The molecule has 0 bridgehead atoms. The Hall–Kier alpha value is -1.82. The van der Waals surface area contributed by atoms with Gasteiger partial charge in [0.15, 0.2) is 0 Å². The van der Waals surface area contributed by atoms with Crippen LogP contribution in [0, 0.1) is 12.8 Å². The lowest BCUT2D eigenvalue weighted by Crippen LogP contribution is -2.47. The summed E-state index contributed by atoms with van der Waals surface area (Å²) in [6, 6.07) is 12.7. The van der Waals surface area contributed by atoms with Gasteiger partial charge in [0.25, 0.3) is 0 Å². The van der Waals surface area contributed by atoms with Crippen molar-refractivity contribution in [2.45, 2.75) is 45.1 Å². The zero-order valence-corrected chi connectivity index (χ0v) is 15.4. The number of fused-ring (bicyclic) bond motifs is 1. The summed E-state index contributed by atoms with van der Waals surface area (Å²) in [5.41, 5.74) is 3.18. The Morgan fingerprint density at radius 3 is 2.92 bits per heavy atom. The van der Waals surface area contributed by atoms with Gasteiger partial charge >= 0.3 is 0 Å². The number of pyridine rings is 2. The Bertz CT molecular complexity index is 709. The molecule has 5 nitrogen and oxygen atoms in total. The third-order valence-electron chi connectivity index (χ3n) is 5.39. The second-order valence-corrected chi connectivity index (χ2v) is 7.39. The van der Waals surface area contributed by atoms with E-state index in [0.717, 1.165) is 56.2 Å². The molecule has 0 amide bonds. The average Bonchev–Trinajstić information content (AvgIpc) is 3.07. The fraction of sp³-hybridized carbons (Fsp3) is 0.524. The number of rotatable bonds is 6. The number of morpholine rings is 1. The van der Waals surface area contributed by atoms with Crippen LogP contribution >= 0.6 is 0 Å². The molecule has 0 radical (unpaired) electrons. The molecule has 2 aromatic heterocycles. The highest BCUT2D eigenvalue weighted by molar-refractivity contribution is 5.09. The molecule has 3 heterocycles. The first-order valence-electron chi connectivity index (χ1n) is 9.54. The van der Waals surface area contributed by atoms with Gasteiger partial charge in [-0.3, -0.25) is 14.9 Å². The Morgan fingerprint density at radius 1 is 1.15 bits per heavy atom. The number of hydrogen-bond acceptors (Lipinski definition) is 5. The molecule has 2 fully saturated rings. The van der Waals surface area contributed by atoms with Gasteiger partial charge in [0.1, 0.15) is 0 Å². The third-order valence-corrected chi connectivity index (χ3v) is 5.39. The standard InChI is InChI=1S/C21H27N3O2/c1-16-5-4-7-19(23-16)15-25-14-17-11-20-21(12-17)26-10-9-24(20)13-18-6-2-3-8-22-18/h2-8,17,20-21H,9-15H2,1H3/t17-,20+,21+/m0/s1. The van der Waals surface area contributed by atoms with E-state index in [4.69, 9.17) is 9.47 Å². The van der Waals surface area contributed by atoms with E-state index in [-0.39, 0.29) is 0 Å². The summed E-state index contributed by atoms with van der Waals surface area (Å²) < 4.78 is 12.0. The van der Waals surface area contributed by atoms with Gasteiger partial charge in [-0.15, -0.1) is 0 Å². The predicted octanol–water partition coefficient (Wildman–Crippen LogP) is 2.98. The van der Waals surface area contributed by atoms with Gasteiger partial charge in [-0.25, -0.2) is 0 Å². The van der Waals surface area contributed by atoms with Gasteiger partial charge in [-0.05, 0) is 49.9 Å². The molecule has 138 valence electrons. The fourth-order valence-corrected chi connectivity index (χ4v) is 4.17. The molecule has 5 heteroatoms. The highest BCUT2D eigenvalue weighted by atomic mass is 16.5. The molecule has 1 aliphatic heterocycles. The van der Waals surface area contributed by atoms with Crippen LogP contribution in [0.5, 0.6) is 0 Å². The molecule has 0 unspecified atom stereocenters. The van der Waals surface area contributed by atoms with Crippen LogP contribution in [0.25, 0.3) is 0 Å². The van der Waals surface area contributed by atoms with Gasteiger partial charge < -0.3 is 9.47 Å². The van der Waals surface area contributed by atoms with Crippen molar-refractivity contribution in [2.24, 2.45) is 5.92 Å². The molecule has 1 aliphatic carbocycles. The minimum atomic E-state index is 0.332. The molecular formula is C21H27N3O2. The smallest absolute Gasteiger partial charge is 0.0888 e. The molecule has 0 N–H and O–H groups in total. The van der Waals surface area contributed by atoms with E-state index < -0.39 is 0 Å². The van der Waals surface area contributed by atoms with E-state index in [0.29, 0.717) is 24.7 Å². The van der Waals surface area contributed by atoms with Crippen molar-refractivity contribution >= 4 is 0 Å². The van der Waals surface area contributed by atoms with E-state index in [1.165, 1.54) is 0 Å². The van der Waals surface area contributed by atoms with Crippen molar-refractivity contribution in [3.8, 4) is 0 Å². The summed E-state index contributed by atoms with van der Waals surface area (Å²) in [6.07, 6.45) is 4.43. The van der Waals surface area contributed by atoms with Gasteiger partial charge in [-0.2, -0.15) is 0 Å². The maximum absolute atomic E-state index is 6.05. The van der Waals surface area contributed by atoms with E-state index in [2.05, 4.69) is 27.0 Å². The molecular weight excluding hydrogens is 326 g/mol. The lowest BCUT2D eigenvalue weighted by molar-refractivity contribution is -0.0595. The van der Waals surface area contributed by atoms with E-state index in [1.54, 1.807) is 0 Å². The Kier molecular flexibility index (Phi) is 5.58. The molecule has 26 heavy (non-hydrogen) atoms. The van der Waals surface area contributed by atoms with Crippen molar-refractivity contribution in [1.82, 2.24) is 14.9 Å². The molecule has 1 saturated carbocycles. The fourth-order valence-electron chi connectivity index (χ4n) is 4.17. The van der Waals surface area contributed by atoms with E-state index in [9.17, 15) is 0 Å². The Labute approximate surface area is 155 Å². The lowest BCUT2D eigenvalue weighted by Gasteiger charge is -2.37. The van der Waals surface area contributed by atoms with Crippen LogP contribution < -0.4 is 0 Å². The number of hydrogen-bond donors (Lipinski definition) is 0. The summed E-state index contributed by atoms with van der Waals surface area (Å²) in [7, 11) is 0. The second kappa shape index (κ2) is 8.25. The minimum absolute atomic E-state index is 0.332. The first-order valence-corrected chi connectivity index (χ1v) is 9.54.